The van der Waals surface area contributed by atoms with Crippen LogP contribution < -0.4 is 5.32 Å². The highest BCUT2D eigenvalue weighted by Crippen LogP contribution is 2.16. The maximum Gasteiger partial charge on any atom is 0.251 e. The lowest BCUT2D eigenvalue weighted by atomic mass is 9.94. The summed E-state index contributed by atoms with van der Waals surface area (Å²) in [6, 6.07) is 7.25. The van der Waals surface area contributed by atoms with Crippen molar-refractivity contribution in [3.63, 3.8) is 0 Å². The fraction of sp³-hybridized carbons (Fsp3) is 0.471. The van der Waals surface area contributed by atoms with Crippen molar-refractivity contribution in [2.24, 2.45) is 0 Å². The van der Waals surface area contributed by atoms with Crippen LogP contribution in [0.5, 0.6) is 0 Å². The van der Waals surface area contributed by atoms with Crippen LogP contribution in [0.3, 0.4) is 0 Å². The van der Waals surface area contributed by atoms with Crippen molar-refractivity contribution in [1.29, 1.82) is 0 Å². The third kappa shape index (κ3) is 3.96. The molecule has 124 valence electrons. The predicted octanol–water partition coefficient (Wildman–Crippen LogP) is 2.17. The van der Waals surface area contributed by atoms with E-state index in [0.29, 0.717) is 17.8 Å². The van der Waals surface area contributed by atoms with E-state index >= 15 is 0 Å². The van der Waals surface area contributed by atoms with Crippen LogP contribution in [0.4, 0.5) is 0 Å². The van der Waals surface area contributed by atoms with Crippen LogP contribution in [-0.2, 0) is 0 Å². The lowest BCUT2D eigenvalue weighted by molar-refractivity contribution is 0.0886. The molecule has 2 rings (SSSR count). The van der Waals surface area contributed by atoms with E-state index in [1.807, 2.05) is 39.8 Å². The van der Waals surface area contributed by atoms with Crippen molar-refractivity contribution in [3.05, 3.63) is 41.5 Å². The molecule has 1 aromatic carbocycles. The number of aliphatic hydroxyl groups excluding tert-OH is 1. The molecule has 0 aliphatic heterocycles. The first-order valence-electron chi connectivity index (χ1n) is 7.82. The van der Waals surface area contributed by atoms with Gasteiger partial charge in [0.05, 0.1) is 5.69 Å². The molecular weight excluding hydrogens is 292 g/mol. The SMILES string of the molecule is CCC(C)(CCO)NC(=O)c1ccc(-n2nc(C)nc2C)cc1. The van der Waals surface area contributed by atoms with E-state index in [0.717, 1.165) is 17.9 Å². The molecule has 23 heavy (non-hydrogen) atoms. The summed E-state index contributed by atoms with van der Waals surface area (Å²) in [5.74, 6) is 1.38. The lowest BCUT2D eigenvalue weighted by Crippen LogP contribution is -2.46. The molecule has 0 bridgehead atoms. The Balaban J connectivity index is 2.16. The number of aromatic nitrogens is 3. The highest BCUT2D eigenvalue weighted by Gasteiger charge is 2.24. The van der Waals surface area contributed by atoms with Crippen molar-refractivity contribution in [3.8, 4) is 5.69 Å². The molecule has 2 N–H and O–H groups in total. The Kier molecular flexibility index (Phi) is 5.15. The summed E-state index contributed by atoms with van der Waals surface area (Å²) in [7, 11) is 0. The molecule has 1 unspecified atom stereocenters. The van der Waals surface area contributed by atoms with Crippen molar-refractivity contribution in [2.45, 2.75) is 46.1 Å². The van der Waals surface area contributed by atoms with Crippen LogP contribution in [0.1, 0.15) is 48.7 Å². The number of nitrogens with zero attached hydrogens (tertiary/aromatic N) is 3. The van der Waals surface area contributed by atoms with Gasteiger partial charge in [-0.05, 0) is 57.9 Å². The van der Waals surface area contributed by atoms with Crippen molar-refractivity contribution < 1.29 is 9.90 Å². The number of hydrogen-bond acceptors (Lipinski definition) is 4. The summed E-state index contributed by atoms with van der Waals surface area (Å²) in [6.45, 7) is 7.72. The van der Waals surface area contributed by atoms with Crippen LogP contribution in [-0.4, -0.2) is 37.9 Å². The normalized spacial score (nSPS) is 13.6. The first-order valence-corrected chi connectivity index (χ1v) is 7.82. The molecule has 1 atom stereocenters. The molecule has 1 aromatic heterocycles. The van der Waals surface area contributed by atoms with Crippen LogP contribution in [0.15, 0.2) is 24.3 Å². The average molecular weight is 316 g/mol. The van der Waals surface area contributed by atoms with Crippen LogP contribution in [0.25, 0.3) is 5.69 Å². The van der Waals surface area contributed by atoms with E-state index in [4.69, 9.17) is 5.11 Å². The Morgan fingerprint density at radius 1 is 1.30 bits per heavy atom. The van der Waals surface area contributed by atoms with Crippen LogP contribution in [0, 0.1) is 13.8 Å². The van der Waals surface area contributed by atoms with Crippen LogP contribution in [0.2, 0.25) is 0 Å². The Hall–Kier alpha value is -2.21. The highest BCUT2D eigenvalue weighted by molar-refractivity contribution is 5.94. The standard InChI is InChI=1S/C17H24N4O2/c1-5-17(4,10-11-22)19-16(23)14-6-8-15(9-7-14)21-13(3)18-12(2)20-21/h6-9,22H,5,10-11H2,1-4H3,(H,19,23). The Morgan fingerprint density at radius 2 is 1.96 bits per heavy atom. The van der Waals surface area contributed by atoms with E-state index in [1.165, 1.54) is 0 Å². The number of rotatable bonds is 6. The van der Waals surface area contributed by atoms with E-state index in [-0.39, 0.29) is 12.5 Å². The van der Waals surface area contributed by atoms with Crippen LogP contribution >= 0.6 is 0 Å². The maximum absolute atomic E-state index is 12.4. The van der Waals surface area contributed by atoms with Gasteiger partial charge in [-0.15, -0.1) is 0 Å². The third-order valence-electron chi connectivity index (χ3n) is 4.11. The topological polar surface area (TPSA) is 80.0 Å². The molecule has 2 aromatic rings. The summed E-state index contributed by atoms with van der Waals surface area (Å²) in [6.07, 6.45) is 1.29. The quantitative estimate of drug-likeness (QED) is 0.856. The van der Waals surface area contributed by atoms with E-state index < -0.39 is 5.54 Å². The first-order chi connectivity index (χ1) is 10.9. The molecule has 0 saturated heterocycles. The number of carbonyl (C=O) groups excluding carboxylic acids is 1. The van der Waals surface area contributed by atoms with E-state index in [1.54, 1.807) is 16.8 Å². The second-order valence-electron chi connectivity index (χ2n) is 6.01. The zero-order chi connectivity index (χ0) is 17.0. The van der Waals surface area contributed by atoms with Gasteiger partial charge in [-0.3, -0.25) is 4.79 Å². The molecule has 1 heterocycles. The number of benzene rings is 1. The van der Waals surface area contributed by atoms with Gasteiger partial charge in [0.1, 0.15) is 11.6 Å². The van der Waals surface area contributed by atoms with Gasteiger partial charge in [0.2, 0.25) is 0 Å². The molecular formula is C17H24N4O2. The molecule has 6 nitrogen and oxygen atoms in total. The van der Waals surface area contributed by atoms with Gasteiger partial charge in [0.25, 0.3) is 5.91 Å². The summed E-state index contributed by atoms with van der Waals surface area (Å²) in [4.78, 5) is 16.7. The monoisotopic (exact) mass is 316 g/mol. The summed E-state index contributed by atoms with van der Waals surface area (Å²) in [5, 5.41) is 16.5. The van der Waals surface area contributed by atoms with Gasteiger partial charge in [-0.25, -0.2) is 9.67 Å². The van der Waals surface area contributed by atoms with Gasteiger partial charge in [-0.1, -0.05) is 6.92 Å². The minimum atomic E-state index is -0.399. The number of amides is 1. The van der Waals surface area contributed by atoms with Crippen molar-refractivity contribution >= 4 is 5.91 Å². The van der Waals surface area contributed by atoms with E-state index in [9.17, 15) is 4.79 Å². The van der Waals surface area contributed by atoms with Gasteiger partial charge >= 0.3 is 0 Å². The molecule has 6 heteroatoms. The molecule has 0 spiro atoms. The third-order valence-corrected chi connectivity index (χ3v) is 4.11. The molecule has 0 aliphatic rings. The largest absolute Gasteiger partial charge is 0.396 e. The zero-order valence-electron chi connectivity index (χ0n) is 14.1. The van der Waals surface area contributed by atoms with Gasteiger partial charge in [-0.2, -0.15) is 5.10 Å². The number of aliphatic hydroxyl groups is 1. The second-order valence-corrected chi connectivity index (χ2v) is 6.01. The molecule has 1 amide bonds. The maximum atomic E-state index is 12.4. The molecule has 0 saturated carbocycles. The number of hydrogen-bond donors (Lipinski definition) is 2. The minimum absolute atomic E-state index is 0.0501. The molecule has 0 aliphatic carbocycles. The smallest absolute Gasteiger partial charge is 0.251 e. The van der Waals surface area contributed by atoms with Gasteiger partial charge < -0.3 is 10.4 Å². The van der Waals surface area contributed by atoms with Gasteiger partial charge in [0, 0.05) is 17.7 Å². The van der Waals surface area contributed by atoms with Crippen molar-refractivity contribution in [1.82, 2.24) is 20.1 Å². The Labute approximate surface area is 136 Å². The fourth-order valence-electron chi connectivity index (χ4n) is 2.44. The fourth-order valence-corrected chi connectivity index (χ4v) is 2.44. The Bertz CT molecular complexity index is 678. The molecule has 0 fully saturated rings. The predicted molar refractivity (Wildman–Crippen MR) is 88.7 cm³/mol. The number of nitrogens with one attached hydrogen (secondary N) is 1. The van der Waals surface area contributed by atoms with Gasteiger partial charge in [0.15, 0.2) is 0 Å². The lowest BCUT2D eigenvalue weighted by Gasteiger charge is -2.29. The first kappa shape index (κ1) is 17.1. The molecule has 0 radical (unpaired) electrons. The summed E-state index contributed by atoms with van der Waals surface area (Å²) < 4.78 is 1.75. The zero-order valence-corrected chi connectivity index (χ0v) is 14.1. The Morgan fingerprint density at radius 3 is 2.43 bits per heavy atom. The summed E-state index contributed by atoms with van der Waals surface area (Å²) >= 11 is 0. The average Bonchev–Trinajstić information content (AvgIpc) is 2.86. The minimum Gasteiger partial charge on any atom is -0.396 e. The number of carbonyl (C=O) groups is 1. The van der Waals surface area contributed by atoms with E-state index in [2.05, 4.69) is 15.4 Å². The van der Waals surface area contributed by atoms with Crippen molar-refractivity contribution in [2.75, 3.05) is 6.61 Å². The second kappa shape index (κ2) is 6.91. The summed E-state index contributed by atoms with van der Waals surface area (Å²) in [5.41, 5.74) is 1.05. The highest BCUT2D eigenvalue weighted by atomic mass is 16.3. The number of aryl methyl sites for hydroxylation is 2.